The van der Waals surface area contributed by atoms with E-state index < -0.39 is 29.5 Å². The number of hydrogen-bond acceptors (Lipinski definition) is 6. The number of halogens is 1. The van der Waals surface area contributed by atoms with E-state index in [1.165, 1.54) is 42.5 Å². The maximum absolute atomic E-state index is 13.1. The number of aliphatic hydroxyl groups is 1. The minimum Gasteiger partial charge on any atom is -0.507 e. The Balaban J connectivity index is 1.87. The number of ether oxygens (including phenoxy) is 1. The number of nitrogens with zero attached hydrogens (tertiary/aromatic N) is 1. The second-order valence-corrected chi connectivity index (χ2v) is 7.67. The van der Waals surface area contributed by atoms with E-state index in [1.54, 1.807) is 30.3 Å². The fraction of sp³-hybridized carbons (Fsp3) is 0.125. The van der Waals surface area contributed by atoms with Gasteiger partial charge in [0.15, 0.2) is 0 Å². The number of furan rings is 1. The zero-order valence-corrected chi connectivity index (χ0v) is 18.1. The van der Waals surface area contributed by atoms with Gasteiger partial charge in [-0.2, -0.15) is 0 Å². The van der Waals surface area contributed by atoms with Crippen LogP contribution in [0.3, 0.4) is 0 Å². The molecule has 1 atom stereocenters. The van der Waals surface area contributed by atoms with Crippen LogP contribution in [0.25, 0.3) is 5.76 Å². The van der Waals surface area contributed by atoms with Crippen LogP contribution in [0.15, 0.2) is 70.9 Å². The van der Waals surface area contributed by atoms with Gasteiger partial charge in [0.05, 0.1) is 30.4 Å². The topological polar surface area (TPSA) is 117 Å². The lowest BCUT2D eigenvalue weighted by Gasteiger charge is -2.23. The number of aliphatic hydroxyl groups excluding tert-OH is 1. The van der Waals surface area contributed by atoms with E-state index in [4.69, 9.17) is 25.9 Å². The highest BCUT2D eigenvalue weighted by Gasteiger charge is 2.48. The highest BCUT2D eigenvalue weighted by molar-refractivity contribution is 6.52. The van der Waals surface area contributed by atoms with Gasteiger partial charge >= 0.3 is 5.97 Å². The van der Waals surface area contributed by atoms with E-state index in [0.717, 1.165) is 0 Å². The molecule has 2 heterocycles. The lowest BCUT2D eigenvalue weighted by atomic mass is 9.99. The Morgan fingerprint density at radius 1 is 1.12 bits per heavy atom. The highest BCUT2D eigenvalue weighted by atomic mass is 35.5. The first kappa shape index (κ1) is 22.2. The molecular formula is C24H18ClNO7. The van der Waals surface area contributed by atoms with Crippen molar-refractivity contribution in [1.82, 2.24) is 0 Å². The van der Waals surface area contributed by atoms with Gasteiger partial charge in [0.2, 0.25) is 0 Å². The summed E-state index contributed by atoms with van der Waals surface area (Å²) in [4.78, 5) is 38.3. The molecule has 0 aliphatic carbocycles. The second kappa shape index (κ2) is 8.84. The summed E-state index contributed by atoms with van der Waals surface area (Å²) in [7, 11) is 1.45. The third kappa shape index (κ3) is 4.08. The van der Waals surface area contributed by atoms with Gasteiger partial charge in [-0.05, 0) is 48.0 Å². The van der Waals surface area contributed by atoms with Crippen molar-refractivity contribution in [2.45, 2.75) is 12.5 Å². The number of carboxylic acids is 1. The number of aliphatic carboxylic acids is 1. The van der Waals surface area contributed by atoms with Crippen LogP contribution >= 0.6 is 11.6 Å². The summed E-state index contributed by atoms with van der Waals surface area (Å²) in [6.07, 6.45) is 1.21. The molecule has 9 heteroatoms. The largest absolute Gasteiger partial charge is 0.507 e. The van der Waals surface area contributed by atoms with Crippen molar-refractivity contribution >= 4 is 40.7 Å². The molecule has 0 saturated carbocycles. The van der Waals surface area contributed by atoms with E-state index in [2.05, 4.69) is 0 Å². The number of methoxy groups -OCH3 is 1. The number of Topliss-reactive ketones (excluding diaryl/α,β-unsaturated/α-hetero) is 1. The Labute approximate surface area is 193 Å². The monoisotopic (exact) mass is 467 g/mol. The first-order chi connectivity index (χ1) is 15.8. The van der Waals surface area contributed by atoms with Crippen molar-refractivity contribution in [3.8, 4) is 5.75 Å². The molecule has 4 rings (SSSR count). The number of ketones is 1. The molecule has 1 fully saturated rings. The summed E-state index contributed by atoms with van der Waals surface area (Å²) >= 11 is 6.26. The average molecular weight is 468 g/mol. The van der Waals surface area contributed by atoms with Crippen LogP contribution in [0.2, 0.25) is 5.02 Å². The number of amides is 1. The van der Waals surface area contributed by atoms with E-state index in [9.17, 15) is 19.5 Å². The lowest BCUT2D eigenvalue weighted by Crippen LogP contribution is -2.29. The molecule has 0 bridgehead atoms. The van der Waals surface area contributed by atoms with Gasteiger partial charge < -0.3 is 19.4 Å². The molecule has 3 aromatic rings. The van der Waals surface area contributed by atoms with Crippen LogP contribution < -0.4 is 9.64 Å². The molecule has 1 saturated heterocycles. The molecule has 1 amide bonds. The maximum Gasteiger partial charge on any atom is 0.307 e. The van der Waals surface area contributed by atoms with Crippen molar-refractivity contribution in [3.05, 3.63) is 88.3 Å². The molecule has 168 valence electrons. The van der Waals surface area contributed by atoms with Gasteiger partial charge in [-0.25, -0.2) is 0 Å². The van der Waals surface area contributed by atoms with Gasteiger partial charge in [0.25, 0.3) is 11.7 Å². The van der Waals surface area contributed by atoms with Gasteiger partial charge in [-0.15, -0.1) is 0 Å². The molecule has 0 spiro atoms. The molecule has 8 nitrogen and oxygen atoms in total. The summed E-state index contributed by atoms with van der Waals surface area (Å²) in [6.45, 7) is 0. The quantitative estimate of drug-likeness (QED) is 0.317. The van der Waals surface area contributed by atoms with Gasteiger partial charge in [0, 0.05) is 11.3 Å². The standard InChI is InChI=1S/C24H18ClNO7/c1-32-15-8-9-17(25)16(12-15)22(29)20-21(18-3-2-10-33-18)26(24(31)23(20)30)14-6-4-13(5-7-14)11-19(27)28/h2-10,12,21,29H,11H2,1H3,(H,27,28)/b22-20-. The third-order valence-electron chi connectivity index (χ3n) is 5.26. The van der Waals surface area contributed by atoms with Crippen molar-refractivity contribution in [1.29, 1.82) is 0 Å². The van der Waals surface area contributed by atoms with E-state index in [-0.39, 0.29) is 28.3 Å². The van der Waals surface area contributed by atoms with Crippen LogP contribution in [0.4, 0.5) is 5.69 Å². The van der Waals surface area contributed by atoms with Crippen molar-refractivity contribution < 1.29 is 33.8 Å². The summed E-state index contributed by atoms with van der Waals surface area (Å²) in [5.41, 5.74) is 0.797. The van der Waals surface area contributed by atoms with Crippen molar-refractivity contribution in [2.75, 3.05) is 12.0 Å². The van der Waals surface area contributed by atoms with Crippen LogP contribution in [0, 0.1) is 0 Å². The van der Waals surface area contributed by atoms with E-state index in [1.807, 2.05) is 0 Å². The van der Waals surface area contributed by atoms with Crippen LogP contribution in [0.1, 0.15) is 22.9 Å². The Morgan fingerprint density at radius 2 is 1.85 bits per heavy atom. The zero-order chi connectivity index (χ0) is 23.7. The highest BCUT2D eigenvalue weighted by Crippen LogP contribution is 2.43. The Hall–Kier alpha value is -4.04. The molecule has 2 N–H and O–H groups in total. The van der Waals surface area contributed by atoms with Crippen molar-refractivity contribution in [3.63, 3.8) is 0 Å². The van der Waals surface area contributed by atoms with Gasteiger partial charge in [-0.3, -0.25) is 19.3 Å². The number of carbonyl (C=O) groups excluding carboxylic acids is 2. The molecule has 1 unspecified atom stereocenters. The Kier molecular flexibility index (Phi) is 5.93. The molecule has 33 heavy (non-hydrogen) atoms. The number of carboxylic acid groups (broad SMARTS) is 1. The number of benzene rings is 2. The maximum atomic E-state index is 13.1. The Bertz CT molecular complexity index is 1260. The lowest BCUT2D eigenvalue weighted by molar-refractivity contribution is -0.136. The van der Waals surface area contributed by atoms with E-state index >= 15 is 0 Å². The molecule has 1 aliphatic heterocycles. The minimum absolute atomic E-state index is 0.127. The first-order valence-electron chi connectivity index (χ1n) is 9.81. The summed E-state index contributed by atoms with van der Waals surface area (Å²) in [5, 5.41) is 20.3. The van der Waals surface area contributed by atoms with Crippen LogP contribution in [-0.2, 0) is 20.8 Å². The fourth-order valence-corrected chi connectivity index (χ4v) is 3.93. The number of anilines is 1. The van der Waals surface area contributed by atoms with Crippen LogP contribution in [-0.4, -0.2) is 35.0 Å². The molecule has 1 aromatic heterocycles. The van der Waals surface area contributed by atoms with Crippen LogP contribution in [0.5, 0.6) is 5.75 Å². The summed E-state index contributed by atoms with van der Waals surface area (Å²) in [5.74, 6) is -2.59. The van der Waals surface area contributed by atoms with Gasteiger partial charge in [-0.1, -0.05) is 23.7 Å². The molecular weight excluding hydrogens is 450 g/mol. The first-order valence-corrected chi connectivity index (χ1v) is 10.2. The smallest absolute Gasteiger partial charge is 0.307 e. The predicted octanol–water partition coefficient (Wildman–Crippen LogP) is 4.20. The third-order valence-corrected chi connectivity index (χ3v) is 5.59. The number of rotatable bonds is 6. The number of hydrogen-bond donors (Lipinski definition) is 2. The fourth-order valence-electron chi connectivity index (χ4n) is 3.72. The predicted molar refractivity (Wildman–Crippen MR) is 119 cm³/mol. The normalized spacial score (nSPS) is 17.4. The van der Waals surface area contributed by atoms with E-state index in [0.29, 0.717) is 17.0 Å². The average Bonchev–Trinajstić information content (AvgIpc) is 3.41. The summed E-state index contributed by atoms with van der Waals surface area (Å²) < 4.78 is 10.7. The van der Waals surface area contributed by atoms with Crippen molar-refractivity contribution in [2.24, 2.45) is 0 Å². The molecule has 2 aromatic carbocycles. The van der Waals surface area contributed by atoms with Gasteiger partial charge in [0.1, 0.15) is 23.3 Å². The minimum atomic E-state index is -1.06. The second-order valence-electron chi connectivity index (χ2n) is 7.27. The molecule has 0 radical (unpaired) electrons. The summed E-state index contributed by atoms with van der Waals surface area (Å²) in [6, 6.07) is 12.9. The number of carbonyl (C=O) groups is 3. The Morgan fingerprint density at radius 3 is 2.45 bits per heavy atom. The zero-order valence-electron chi connectivity index (χ0n) is 17.3. The molecule has 1 aliphatic rings. The SMILES string of the molecule is COc1ccc(Cl)c(/C(O)=C2/C(=O)C(=O)N(c3ccc(CC(=O)O)cc3)C2c2ccco2)c1.